The fraction of sp³-hybridized carbons (Fsp3) is 0.524. The molecule has 0 radical (unpaired) electrons. The van der Waals surface area contributed by atoms with Crippen molar-refractivity contribution in [3.8, 4) is 0 Å². The van der Waals surface area contributed by atoms with Gasteiger partial charge in [-0.15, -0.1) is 0 Å². The van der Waals surface area contributed by atoms with Gasteiger partial charge in [-0.3, -0.25) is 0 Å². The number of piperidine rings is 1. The van der Waals surface area contributed by atoms with Crippen LogP contribution in [0.5, 0.6) is 0 Å². The minimum absolute atomic E-state index is 0.384. The summed E-state index contributed by atoms with van der Waals surface area (Å²) in [6.07, 6.45) is 10.3. The average molecular weight is 395 g/mol. The SMILES string of the molecule is CCc1nc2c(N)ncc(/C(C=N)=C/NC3CCNCC3)c2nc1N1CCCC1. The van der Waals surface area contributed by atoms with Gasteiger partial charge in [0, 0.05) is 48.9 Å². The molecule has 8 heteroatoms. The zero-order valence-electron chi connectivity index (χ0n) is 17.0. The van der Waals surface area contributed by atoms with Crippen LogP contribution in [-0.2, 0) is 6.42 Å². The topological polar surface area (TPSA) is 116 Å². The van der Waals surface area contributed by atoms with Gasteiger partial charge >= 0.3 is 0 Å². The van der Waals surface area contributed by atoms with Crippen molar-refractivity contribution in [1.82, 2.24) is 25.6 Å². The second-order valence-electron chi connectivity index (χ2n) is 7.73. The van der Waals surface area contributed by atoms with E-state index in [2.05, 4.69) is 27.4 Å². The van der Waals surface area contributed by atoms with Crippen molar-refractivity contribution in [2.45, 2.75) is 45.1 Å². The van der Waals surface area contributed by atoms with E-state index in [0.29, 0.717) is 17.4 Å². The number of hydrogen-bond donors (Lipinski definition) is 4. The molecule has 4 rings (SSSR count). The van der Waals surface area contributed by atoms with Crippen LogP contribution in [-0.4, -0.2) is 53.4 Å². The highest BCUT2D eigenvalue weighted by atomic mass is 15.2. The second kappa shape index (κ2) is 8.73. The molecule has 4 heterocycles. The van der Waals surface area contributed by atoms with Crippen molar-refractivity contribution in [2.24, 2.45) is 0 Å². The number of hydrogen-bond acceptors (Lipinski definition) is 8. The number of aryl methyl sites for hydroxylation is 1. The van der Waals surface area contributed by atoms with E-state index in [9.17, 15) is 0 Å². The molecule has 0 aliphatic carbocycles. The van der Waals surface area contributed by atoms with Crippen molar-refractivity contribution in [1.29, 1.82) is 5.41 Å². The van der Waals surface area contributed by atoms with E-state index >= 15 is 0 Å². The van der Waals surface area contributed by atoms with E-state index in [1.165, 1.54) is 19.1 Å². The van der Waals surface area contributed by atoms with Gasteiger partial charge in [0.05, 0.1) is 5.69 Å². The van der Waals surface area contributed by atoms with Crippen LogP contribution in [0.1, 0.15) is 43.9 Å². The lowest BCUT2D eigenvalue weighted by Gasteiger charge is -2.23. The standard InChI is InChI=1S/C21H30N8/c1-2-17-21(29-9-3-4-10-29)28-18-16(13-26-20(23)19(18)27-17)14(11-22)12-25-15-5-7-24-8-6-15/h11-13,15,22,24-25H,2-10H2,1H3,(H2,23,26)/b14-12+,22-11?. The highest BCUT2D eigenvalue weighted by molar-refractivity contribution is 6.13. The smallest absolute Gasteiger partial charge is 0.151 e. The van der Waals surface area contributed by atoms with Crippen LogP contribution in [0.25, 0.3) is 16.6 Å². The van der Waals surface area contributed by atoms with Crippen molar-refractivity contribution in [3.63, 3.8) is 0 Å². The highest BCUT2D eigenvalue weighted by Crippen LogP contribution is 2.30. The maximum absolute atomic E-state index is 7.98. The summed E-state index contributed by atoms with van der Waals surface area (Å²) in [5.41, 5.74) is 9.99. The molecule has 0 bridgehead atoms. The van der Waals surface area contributed by atoms with Gasteiger partial charge in [0.1, 0.15) is 11.0 Å². The number of fused-ring (bicyclic) bond motifs is 1. The fourth-order valence-electron chi connectivity index (χ4n) is 4.11. The molecule has 8 nitrogen and oxygen atoms in total. The zero-order valence-corrected chi connectivity index (χ0v) is 17.0. The van der Waals surface area contributed by atoms with Crippen LogP contribution >= 0.6 is 0 Å². The van der Waals surface area contributed by atoms with Crippen LogP contribution in [0.2, 0.25) is 0 Å². The Labute approximate surface area is 171 Å². The number of pyridine rings is 1. The second-order valence-corrected chi connectivity index (χ2v) is 7.73. The molecule has 2 aromatic heterocycles. The predicted octanol–water partition coefficient (Wildman–Crippen LogP) is 2.10. The summed E-state index contributed by atoms with van der Waals surface area (Å²) >= 11 is 0. The van der Waals surface area contributed by atoms with E-state index in [0.717, 1.165) is 73.6 Å². The Morgan fingerprint density at radius 3 is 2.72 bits per heavy atom. The number of nitrogens with one attached hydrogen (secondary N) is 3. The largest absolute Gasteiger partial charge is 0.388 e. The van der Waals surface area contributed by atoms with E-state index in [1.807, 2.05) is 6.20 Å². The number of rotatable bonds is 6. The van der Waals surface area contributed by atoms with E-state index in [4.69, 9.17) is 21.1 Å². The molecule has 0 atom stereocenters. The molecule has 29 heavy (non-hydrogen) atoms. The van der Waals surface area contributed by atoms with Crippen LogP contribution in [0.3, 0.4) is 0 Å². The van der Waals surface area contributed by atoms with Gasteiger partial charge in [-0.1, -0.05) is 6.92 Å². The Kier molecular flexibility index (Phi) is 5.89. The third-order valence-corrected chi connectivity index (χ3v) is 5.80. The lowest BCUT2D eigenvalue weighted by Crippen LogP contribution is -2.37. The average Bonchev–Trinajstić information content (AvgIpc) is 3.30. The minimum atomic E-state index is 0.384. The molecule has 0 amide bonds. The summed E-state index contributed by atoms with van der Waals surface area (Å²) in [4.78, 5) is 16.5. The third kappa shape index (κ3) is 4.03. The highest BCUT2D eigenvalue weighted by Gasteiger charge is 2.21. The van der Waals surface area contributed by atoms with Crippen molar-refractivity contribution < 1.29 is 0 Å². The Morgan fingerprint density at radius 1 is 1.28 bits per heavy atom. The summed E-state index contributed by atoms with van der Waals surface area (Å²) in [7, 11) is 0. The number of allylic oxidation sites excluding steroid dienone is 1. The Hall–Kier alpha value is -2.74. The Morgan fingerprint density at radius 2 is 2.03 bits per heavy atom. The van der Waals surface area contributed by atoms with E-state index in [-0.39, 0.29) is 0 Å². The van der Waals surface area contributed by atoms with E-state index < -0.39 is 0 Å². The predicted molar refractivity (Wildman–Crippen MR) is 118 cm³/mol. The summed E-state index contributed by atoms with van der Waals surface area (Å²) < 4.78 is 0. The first-order chi connectivity index (χ1) is 14.2. The molecule has 0 spiro atoms. The monoisotopic (exact) mass is 394 g/mol. The zero-order chi connectivity index (χ0) is 20.2. The number of nitrogen functional groups attached to an aromatic ring is 1. The minimum Gasteiger partial charge on any atom is -0.388 e. The first-order valence-electron chi connectivity index (χ1n) is 10.6. The van der Waals surface area contributed by atoms with Gasteiger partial charge in [-0.2, -0.15) is 0 Å². The van der Waals surface area contributed by atoms with Gasteiger partial charge in [0.15, 0.2) is 11.6 Å². The van der Waals surface area contributed by atoms with Crippen LogP contribution in [0.15, 0.2) is 12.4 Å². The van der Waals surface area contributed by atoms with Gasteiger partial charge in [0.2, 0.25) is 0 Å². The maximum Gasteiger partial charge on any atom is 0.151 e. The molecule has 2 saturated heterocycles. The maximum atomic E-state index is 7.98. The molecule has 0 aromatic carbocycles. The molecule has 0 unspecified atom stereocenters. The molecule has 2 aromatic rings. The van der Waals surface area contributed by atoms with Gasteiger partial charge < -0.3 is 26.7 Å². The summed E-state index contributed by atoms with van der Waals surface area (Å²) in [5.74, 6) is 1.33. The van der Waals surface area contributed by atoms with Crippen LogP contribution in [0.4, 0.5) is 11.6 Å². The van der Waals surface area contributed by atoms with Gasteiger partial charge in [-0.25, -0.2) is 15.0 Å². The molecule has 0 saturated carbocycles. The van der Waals surface area contributed by atoms with Crippen LogP contribution < -0.4 is 21.3 Å². The normalized spacial score (nSPS) is 18.4. The Balaban J connectivity index is 1.77. The summed E-state index contributed by atoms with van der Waals surface area (Å²) in [5, 5.41) is 14.8. The quantitative estimate of drug-likeness (QED) is 0.555. The number of aromatic nitrogens is 3. The van der Waals surface area contributed by atoms with Crippen molar-refractivity contribution in [3.05, 3.63) is 23.7 Å². The molecule has 5 N–H and O–H groups in total. The lowest BCUT2D eigenvalue weighted by atomic mass is 10.1. The Bertz CT molecular complexity index is 911. The molecule has 2 aliphatic rings. The van der Waals surface area contributed by atoms with Gasteiger partial charge in [-0.05, 0) is 45.2 Å². The molecule has 154 valence electrons. The summed E-state index contributed by atoms with van der Waals surface area (Å²) in [6, 6.07) is 0.414. The van der Waals surface area contributed by atoms with Crippen molar-refractivity contribution in [2.75, 3.05) is 36.8 Å². The van der Waals surface area contributed by atoms with Crippen LogP contribution in [0, 0.1) is 5.41 Å². The first-order valence-corrected chi connectivity index (χ1v) is 10.6. The van der Waals surface area contributed by atoms with Gasteiger partial charge in [0.25, 0.3) is 0 Å². The number of nitrogens with two attached hydrogens (primary N) is 1. The number of nitrogens with zero attached hydrogens (tertiary/aromatic N) is 4. The summed E-state index contributed by atoms with van der Waals surface area (Å²) in [6.45, 7) is 6.14. The third-order valence-electron chi connectivity index (χ3n) is 5.80. The molecular formula is C21H30N8. The lowest BCUT2D eigenvalue weighted by molar-refractivity contribution is 0.420. The first kappa shape index (κ1) is 19.6. The van der Waals surface area contributed by atoms with Crippen molar-refractivity contribution >= 4 is 34.5 Å². The molecule has 2 fully saturated rings. The number of anilines is 2. The molecule has 2 aliphatic heterocycles. The molecular weight excluding hydrogens is 364 g/mol. The fourth-order valence-corrected chi connectivity index (χ4v) is 4.11. The van der Waals surface area contributed by atoms with E-state index in [1.54, 1.807) is 6.20 Å².